The second kappa shape index (κ2) is 5.20. The SMILES string of the molecule is CCc1occc1C(CC(C)C)NC. The Bertz CT molecular complexity index is 265. The molecule has 0 aromatic carbocycles. The summed E-state index contributed by atoms with van der Waals surface area (Å²) in [4.78, 5) is 0. The molecular weight excluding hydrogens is 174 g/mol. The Morgan fingerprint density at radius 3 is 2.64 bits per heavy atom. The molecule has 0 amide bonds. The molecule has 1 heterocycles. The van der Waals surface area contributed by atoms with Gasteiger partial charge in [-0.15, -0.1) is 0 Å². The van der Waals surface area contributed by atoms with Crippen molar-refractivity contribution in [3.8, 4) is 0 Å². The third-order valence-electron chi connectivity index (χ3n) is 2.53. The minimum atomic E-state index is 0.434. The first kappa shape index (κ1) is 11.3. The van der Waals surface area contributed by atoms with Crippen molar-refractivity contribution in [3.05, 3.63) is 23.7 Å². The normalized spacial score (nSPS) is 13.5. The van der Waals surface area contributed by atoms with Gasteiger partial charge >= 0.3 is 0 Å². The topological polar surface area (TPSA) is 25.2 Å². The Morgan fingerprint density at radius 1 is 1.43 bits per heavy atom. The molecule has 0 bridgehead atoms. The van der Waals surface area contributed by atoms with E-state index in [1.54, 1.807) is 6.26 Å². The summed E-state index contributed by atoms with van der Waals surface area (Å²) < 4.78 is 5.44. The third kappa shape index (κ3) is 2.61. The van der Waals surface area contributed by atoms with Crippen molar-refractivity contribution in [3.63, 3.8) is 0 Å². The number of nitrogens with one attached hydrogen (secondary N) is 1. The summed E-state index contributed by atoms with van der Waals surface area (Å²) in [7, 11) is 2.01. The van der Waals surface area contributed by atoms with Crippen LogP contribution < -0.4 is 5.32 Å². The fourth-order valence-electron chi connectivity index (χ4n) is 1.82. The molecule has 0 spiro atoms. The molecule has 14 heavy (non-hydrogen) atoms. The van der Waals surface area contributed by atoms with E-state index in [-0.39, 0.29) is 0 Å². The molecule has 0 aliphatic rings. The van der Waals surface area contributed by atoms with Crippen molar-refractivity contribution < 1.29 is 4.42 Å². The predicted molar refractivity (Wildman–Crippen MR) is 59.3 cm³/mol. The molecule has 1 aromatic heterocycles. The Kier molecular flexibility index (Phi) is 4.21. The fourth-order valence-corrected chi connectivity index (χ4v) is 1.82. The maximum atomic E-state index is 5.44. The number of aryl methyl sites for hydroxylation is 1. The van der Waals surface area contributed by atoms with E-state index in [4.69, 9.17) is 4.42 Å². The van der Waals surface area contributed by atoms with Gasteiger partial charge in [0, 0.05) is 18.0 Å². The van der Waals surface area contributed by atoms with Gasteiger partial charge in [0.15, 0.2) is 0 Å². The molecule has 2 nitrogen and oxygen atoms in total. The quantitative estimate of drug-likeness (QED) is 0.780. The fraction of sp³-hybridized carbons (Fsp3) is 0.667. The van der Waals surface area contributed by atoms with Crippen LogP contribution in [0.2, 0.25) is 0 Å². The number of hydrogen-bond acceptors (Lipinski definition) is 2. The molecule has 1 aromatic rings. The lowest BCUT2D eigenvalue weighted by Crippen LogP contribution is -2.18. The van der Waals surface area contributed by atoms with Gasteiger partial charge in [-0.25, -0.2) is 0 Å². The maximum absolute atomic E-state index is 5.44. The summed E-state index contributed by atoms with van der Waals surface area (Å²) in [6, 6.07) is 2.52. The van der Waals surface area contributed by atoms with Crippen molar-refractivity contribution in [2.45, 2.75) is 39.7 Å². The molecule has 1 rings (SSSR count). The molecule has 0 saturated carbocycles. The summed E-state index contributed by atoms with van der Waals surface area (Å²) in [6.45, 7) is 6.62. The van der Waals surface area contributed by atoms with Gasteiger partial charge < -0.3 is 9.73 Å². The number of hydrogen-bond donors (Lipinski definition) is 1. The van der Waals surface area contributed by atoms with Crippen LogP contribution in [-0.2, 0) is 6.42 Å². The van der Waals surface area contributed by atoms with Gasteiger partial charge in [0.2, 0.25) is 0 Å². The van der Waals surface area contributed by atoms with Gasteiger partial charge in [0.25, 0.3) is 0 Å². The average Bonchev–Trinajstić information content (AvgIpc) is 2.61. The van der Waals surface area contributed by atoms with Gasteiger partial charge in [-0.05, 0) is 25.5 Å². The van der Waals surface area contributed by atoms with Gasteiger partial charge in [0.05, 0.1) is 6.26 Å². The van der Waals surface area contributed by atoms with Crippen LogP contribution in [0.5, 0.6) is 0 Å². The smallest absolute Gasteiger partial charge is 0.108 e. The van der Waals surface area contributed by atoms with Crippen LogP contribution in [-0.4, -0.2) is 7.05 Å². The highest BCUT2D eigenvalue weighted by molar-refractivity contribution is 5.21. The van der Waals surface area contributed by atoms with Gasteiger partial charge in [-0.3, -0.25) is 0 Å². The van der Waals surface area contributed by atoms with Crippen LogP contribution in [0.25, 0.3) is 0 Å². The summed E-state index contributed by atoms with van der Waals surface area (Å²) in [6.07, 6.45) is 3.92. The monoisotopic (exact) mass is 195 g/mol. The van der Waals surface area contributed by atoms with E-state index in [1.165, 1.54) is 5.56 Å². The van der Waals surface area contributed by atoms with Crippen molar-refractivity contribution in [2.24, 2.45) is 5.92 Å². The predicted octanol–water partition coefficient (Wildman–Crippen LogP) is 3.15. The molecule has 0 aliphatic carbocycles. The number of furan rings is 1. The first-order chi connectivity index (χ1) is 6.69. The van der Waals surface area contributed by atoms with Crippen molar-refractivity contribution in [1.82, 2.24) is 5.32 Å². The molecule has 0 radical (unpaired) electrons. The zero-order chi connectivity index (χ0) is 10.6. The highest BCUT2D eigenvalue weighted by Gasteiger charge is 2.16. The molecule has 1 N–H and O–H groups in total. The van der Waals surface area contributed by atoms with E-state index in [1.807, 2.05) is 7.05 Å². The van der Waals surface area contributed by atoms with E-state index in [9.17, 15) is 0 Å². The third-order valence-corrected chi connectivity index (χ3v) is 2.53. The lowest BCUT2D eigenvalue weighted by atomic mass is 9.97. The minimum Gasteiger partial charge on any atom is -0.469 e. The van der Waals surface area contributed by atoms with Crippen LogP contribution >= 0.6 is 0 Å². The van der Waals surface area contributed by atoms with E-state index in [0.717, 1.165) is 18.6 Å². The lowest BCUT2D eigenvalue weighted by Gasteiger charge is -2.18. The molecule has 1 atom stereocenters. The van der Waals surface area contributed by atoms with E-state index >= 15 is 0 Å². The van der Waals surface area contributed by atoms with Crippen molar-refractivity contribution in [2.75, 3.05) is 7.05 Å². The van der Waals surface area contributed by atoms with Crippen LogP contribution in [0.1, 0.15) is 44.6 Å². The summed E-state index contributed by atoms with van der Waals surface area (Å²) in [5, 5.41) is 3.35. The number of rotatable bonds is 5. The molecule has 0 fully saturated rings. The Labute approximate surface area is 86.7 Å². The second-order valence-electron chi connectivity index (χ2n) is 4.12. The first-order valence-corrected chi connectivity index (χ1v) is 5.42. The summed E-state index contributed by atoms with van der Waals surface area (Å²) in [5.41, 5.74) is 1.32. The van der Waals surface area contributed by atoms with Gasteiger partial charge in [-0.2, -0.15) is 0 Å². The van der Waals surface area contributed by atoms with Gasteiger partial charge in [0.1, 0.15) is 5.76 Å². The Balaban J connectivity index is 2.77. The summed E-state index contributed by atoms with van der Waals surface area (Å²) in [5.74, 6) is 1.82. The van der Waals surface area contributed by atoms with Crippen LogP contribution in [0, 0.1) is 5.92 Å². The molecule has 1 unspecified atom stereocenters. The van der Waals surface area contributed by atoms with E-state index in [2.05, 4.69) is 32.2 Å². The van der Waals surface area contributed by atoms with Crippen molar-refractivity contribution >= 4 is 0 Å². The minimum absolute atomic E-state index is 0.434. The molecule has 0 aliphatic heterocycles. The van der Waals surface area contributed by atoms with Crippen LogP contribution in [0.3, 0.4) is 0 Å². The largest absolute Gasteiger partial charge is 0.469 e. The average molecular weight is 195 g/mol. The zero-order valence-electron chi connectivity index (χ0n) is 9.63. The van der Waals surface area contributed by atoms with Gasteiger partial charge in [-0.1, -0.05) is 20.8 Å². The Morgan fingerprint density at radius 2 is 2.14 bits per heavy atom. The zero-order valence-corrected chi connectivity index (χ0v) is 9.63. The highest BCUT2D eigenvalue weighted by atomic mass is 16.3. The molecular formula is C12H21NO. The lowest BCUT2D eigenvalue weighted by molar-refractivity contribution is 0.440. The Hall–Kier alpha value is -0.760. The maximum Gasteiger partial charge on any atom is 0.108 e. The van der Waals surface area contributed by atoms with E-state index in [0.29, 0.717) is 12.0 Å². The van der Waals surface area contributed by atoms with Crippen LogP contribution in [0.15, 0.2) is 16.7 Å². The molecule has 2 heteroatoms. The summed E-state index contributed by atoms with van der Waals surface area (Å²) >= 11 is 0. The van der Waals surface area contributed by atoms with E-state index < -0.39 is 0 Å². The molecule has 80 valence electrons. The first-order valence-electron chi connectivity index (χ1n) is 5.42. The second-order valence-corrected chi connectivity index (χ2v) is 4.12. The van der Waals surface area contributed by atoms with Crippen molar-refractivity contribution in [1.29, 1.82) is 0 Å². The highest BCUT2D eigenvalue weighted by Crippen LogP contribution is 2.25. The standard InChI is InChI=1S/C12H21NO/c1-5-12-10(6-7-14-12)11(13-4)8-9(2)3/h6-7,9,11,13H,5,8H2,1-4H3. The van der Waals surface area contributed by atoms with Crippen LogP contribution in [0.4, 0.5) is 0 Å². The molecule has 0 saturated heterocycles.